The molecule has 0 saturated carbocycles. The van der Waals surface area contributed by atoms with Crippen molar-refractivity contribution in [2.75, 3.05) is 0 Å². The van der Waals surface area contributed by atoms with Crippen molar-refractivity contribution in [1.82, 2.24) is 14.1 Å². The molecule has 3 aromatic heterocycles. The summed E-state index contributed by atoms with van der Waals surface area (Å²) in [5.41, 5.74) is 0.0930. The number of benzene rings is 1. The van der Waals surface area contributed by atoms with E-state index in [0.717, 1.165) is 4.88 Å². The highest BCUT2D eigenvalue weighted by molar-refractivity contribution is 7.09. The van der Waals surface area contributed by atoms with Crippen LogP contribution in [0.4, 0.5) is 4.39 Å². The van der Waals surface area contributed by atoms with Crippen molar-refractivity contribution in [3.8, 4) is 0 Å². The van der Waals surface area contributed by atoms with Gasteiger partial charge in [0.05, 0.1) is 18.5 Å². The molecule has 0 atom stereocenters. The highest BCUT2D eigenvalue weighted by Crippen LogP contribution is 2.12. The van der Waals surface area contributed by atoms with E-state index < -0.39 is 5.69 Å². The van der Waals surface area contributed by atoms with E-state index in [1.807, 2.05) is 17.5 Å². The standard InChI is InChI=1S/C19H14FN3O2S/c20-14-5-1-4-13(10-14)11-22-17-16(7-2-8-21-17)18(24)23(19(22)25)12-15-6-3-9-26-15/h1-10H,11-12H2. The maximum absolute atomic E-state index is 13.5. The molecule has 0 aliphatic carbocycles. The van der Waals surface area contributed by atoms with E-state index in [-0.39, 0.29) is 24.5 Å². The first kappa shape index (κ1) is 16.4. The van der Waals surface area contributed by atoms with Crippen molar-refractivity contribution >= 4 is 22.4 Å². The molecule has 0 aliphatic rings. The number of hydrogen-bond donors (Lipinski definition) is 0. The van der Waals surface area contributed by atoms with Gasteiger partial charge in [0.2, 0.25) is 0 Å². The molecule has 0 fully saturated rings. The van der Waals surface area contributed by atoms with E-state index in [1.54, 1.807) is 24.3 Å². The van der Waals surface area contributed by atoms with Gasteiger partial charge in [-0.15, -0.1) is 11.3 Å². The number of pyridine rings is 1. The summed E-state index contributed by atoms with van der Waals surface area (Å²) in [6, 6.07) is 13.1. The fourth-order valence-corrected chi connectivity index (χ4v) is 3.60. The van der Waals surface area contributed by atoms with E-state index in [1.165, 1.54) is 38.8 Å². The number of aromatic nitrogens is 3. The number of halogens is 1. The van der Waals surface area contributed by atoms with Crippen molar-refractivity contribution in [2.24, 2.45) is 0 Å². The number of thiophene rings is 1. The largest absolute Gasteiger partial charge is 0.333 e. The molecule has 3 heterocycles. The Labute approximate surface area is 151 Å². The molecule has 0 bridgehead atoms. The maximum atomic E-state index is 13.5. The average Bonchev–Trinajstić information content (AvgIpc) is 3.16. The van der Waals surface area contributed by atoms with Gasteiger partial charge in [0.15, 0.2) is 0 Å². The molecule has 0 radical (unpaired) electrons. The normalized spacial score (nSPS) is 11.1. The van der Waals surface area contributed by atoms with Gasteiger partial charge in [-0.2, -0.15) is 0 Å². The van der Waals surface area contributed by atoms with E-state index in [9.17, 15) is 14.0 Å². The van der Waals surface area contributed by atoms with Crippen LogP contribution in [0.5, 0.6) is 0 Å². The van der Waals surface area contributed by atoms with E-state index in [0.29, 0.717) is 16.6 Å². The van der Waals surface area contributed by atoms with Crippen LogP contribution in [0.25, 0.3) is 11.0 Å². The number of rotatable bonds is 4. The van der Waals surface area contributed by atoms with Crippen molar-refractivity contribution < 1.29 is 4.39 Å². The molecule has 5 nitrogen and oxygen atoms in total. The number of nitrogens with zero attached hydrogens (tertiary/aromatic N) is 3. The van der Waals surface area contributed by atoms with Crippen molar-refractivity contribution in [3.63, 3.8) is 0 Å². The van der Waals surface area contributed by atoms with Crippen molar-refractivity contribution in [2.45, 2.75) is 13.1 Å². The van der Waals surface area contributed by atoms with Crippen LogP contribution in [-0.4, -0.2) is 14.1 Å². The first-order valence-electron chi connectivity index (χ1n) is 7.98. The predicted octanol–water partition coefficient (Wildman–Crippen LogP) is 2.86. The first-order valence-corrected chi connectivity index (χ1v) is 8.86. The zero-order chi connectivity index (χ0) is 18.1. The highest BCUT2D eigenvalue weighted by Gasteiger charge is 2.15. The quantitative estimate of drug-likeness (QED) is 0.557. The van der Waals surface area contributed by atoms with Crippen LogP contribution in [-0.2, 0) is 13.1 Å². The zero-order valence-corrected chi connectivity index (χ0v) is 14.4. The Balaban J connectivity index is 1.93. The minimum absolute atomic E-state index is 0.134. The number of hydrogen-bond acceptors (Lipinski definition) is 4. The molecule has 4 aromatic rings. The van der Waals surface area contributed by atoms with Gasteiger partial charge in [-0.1, -0.05) is 18.2 Å². The minimum Gasteiger partial charge on any atom is -0.273 e. The fraction of sp³-hybridized carbons (Fsp3) is 0.105. The Bertz CT molecular complexity index is 1200. The van der Waals surface area contributed by atoms with Crippen molar-refractivity contribution in [1.29, 1.82) is 0 Å². The summed E-state index contributed by atoms with van der Waals surface area (Å²) in [4.78, 5) is 30.9. The molecule has 0 aliphatic heterocycles. The summed E-state index contributed by atoms with van der Waals surface area (Å²) >= 11 is 1.48. The predicted molar refractivity (Wildman–Crippen MR) is 99.2 cm³/mol. The Morgan fingerprint density at radius 3 is 2.65 bits per heavy atom. The van der Waals surface area contributed by atoms with Crippen LogP contribution in [0.15, 0.2) is 69.7 Å². The summed E-state index contributed by atoms with van der Waals surface area (Å²) in [6.45, 7) is 0.331. The molecule has 26 heavy (non-hydrogen) atoms. The van der Waals surface area contributed by atoms with Crippen LogP contribution < -0.4 is 11.2 Å². The second kappa shape index (κ2) is 6.68. The third-order valence-corrected chi connectivity index (χ3v) is 4.96. The van der Waals surface area contributed by atoms with Crippen molar-refractivity contribution in [3.05, 3.63) is 97.2 Å². The van der Waals surface area contributed by atoms with Gasteiger partial charge in [0.25, 0.3) is 5.56 Å². The highest BCUT2D eigenvalue weighted by atomic mass is 32.1. The van der Waals surface area contributed by atoms with Gasteiger partial charge in [-0.25, -0.2) is 14.2 Å². The molecule has 0 unspecified atom stereocenters. The molecule has 4 rings (SSSR count). The van der Waals surface area contributed by atoms with E-state index in [4.69, 9.17) is 0 Å². The molecule has 130 valence electrons. The van der Waals surface area contributed by atoms with Gasteiger partial charge in [0.1, 0.15) is 11.5 Å². The lowest BCUT2D eigenvalue weighted by Gasteiger charge is -2.13. The molecule has 0 spiro atoms. The lowest BCUT2D eigenvalue weighted by Crippen LogP contribution is -2.40. The fourth-order valence-electron chi connectivity index (χ4n) is 2.91. The molecule has 7 heteroatoms. The molecule has 1 aromatic carbocycles. The lowest BCUT2D eigenvalue weighted by molar-refractivity contribution is 0.614. The SMILES string of the molecule is O=c1c2cccnc2n(Cc2cccc(F)c2)c(=O)n1Cc1cccs1. The maximum Gasteiger partial charge on any atom is 0.333 e. The molecular weight excluding hydrogens is 353 g/mol. The van der Waals surface area contributed by atoms with Gasteiger partial charge in [-0.3, -0.25) is 13.9 Å². The molecule has 0 saturated heterocycles. The summed E-state index contributed by atoms with van der Waals surface area (Å²) < 4.78 is 16.1. The van der Waals surface area contributed by atoms with Gasteiger partial charge < -0.3 is 0 Å². The van der Waals surface area contributed by atoms with Crippen LogP contribution >= 0.6 is 11.3 Å². The summed E-state index contributed by atoms with van der Waals surface area (Å²) in [7, 11) is 0. The van der Waals surface area contributed by atoms with Gasteiger partial charge in [-0.05, 0) is 41.3 Å². The summed E-state index contributed by atoms with van der Waals surface area (Å²) in [5, 5.41) is 2.26. The Hall–Kier alpha value is -3.06. The average molecular weight is 367 g/mol. The minimum atomic E-state index is -0.459. The second-order valence-corrected chi connectivity index (χ2v) is 6.88. The Morgan fingerprint density at radius 1 is 1.00 bits per heavy atom. The number of fused-ring (bicyclic) bond motifs is 1. The first-order chi connectivity index (χ1) is 12.6. The van der Waals surface area contributed by atoms with Crippen LogP contribution in [0.2, 0.25) is 0 Å². The Morgan fingerprint density at radius 2 is 1.88 bits per heavy atom. The summed E-state index contributed by atoms with van der Waals surface area (Å²) in [5.74, 6) is -0.375. The third kappa shape index (κ3) is 2.97. The van der Waals surface area contributed by atoms with E-state index in [2.05, 4.69) is 4.98 Å². The zero-order valence-electron chi connectivity index (χ0n) is 13.6. The van der Waals surface area contributed by atoms with E-state index >= 15 is 0 Å². The van der Waals surface area contributed by atoms with Crippen LogP contribution in [0.3, 0.4) is 0 Å². The Kier molecular flexibility index (Phi) is 4.22. The van der Waals surface area contributed by atoms with Crippen LogP contribution in [0.1, 0.15) is 10.4 Å². The molecule has 0 N–H and O–H groups in total. The lowest BCUT2D eigenvalue weighted by atomic mass is 10.2. The summed E-state index contributed by atoms with van der Waals surface area (Å²) in [6.07, 6.45) is 1.53. The molecular formula is C19H14FN3O2S. The molecule has 0 amide bonds. The third-order valence-electron chi connectivity index (χ3n) is 4.10. The monoisotopic (exact) mass is 367 g/mol. The van der Waals surface area contributed by atoms with Gasteiger partial charge >= 0.3 is 5.69 Å². The smallest absolute Gasteiger partial charge is 0.273 e. The van der Waals surface area contributed by atoms with Crippen LogP contribution in [0, 0.1) is 5.82 Å². The van der Waals surface area contributed by atoms with Gasteiger partial charge in [0, 0.05) is 11.1 Å². The second-order valence-electron chi connectivity index (χ2n) is 5.84. The topological polar surface area (TPSA) is 56.9 Å².